The van der Waals surface area contributed by atoms with E-state index in [1.165, 1.54) is 12.0 Å². The molecule has 0 saturated carbocycles. The van der Waals surface area contributed by atoms with Crippen LogP contribution in [-0.4, -0.2) is 61.7 Å². The van der Waals surface area contributed by atoms with Gasteiger partial charge in [0.1, 0.15) is 11.4 Å². The summed E-state index contributed by atoms with van der Waals surface area (Å²) in [7, 11) is 4.87. The molecule has 0 fully saturated rings. The number of carbonyl (C=O) groups excluding carboxylic acids is 2. The number of amides is 2. The maximum atomic E-state index is 12.4. The van der Waals surface area contributed by atoms with E-state index in [1.54, 1.807) is 37.2 Å². The number of hydrogen-bond donors (Lipinski definition) is 0. The Morgan fingerprint density at radius 2 is 1.61 bits per heavy atom. The molecule has 0 aliphatic rings. The highest BCUT2D eigenvalue weighted by atomic mass is 16.6. The van der Waals surface area contributed by atoms with Crippen LogP contribution in [0.4, 0.5) is 4.79 Å². The molecule has 0 aliphatic heterocycles. The van der Waals surface area contributed by atoms with E-state index in [-0.39, 0.29) is 5.91 Å². The summed E-state index contributed by atoms with van der Waals surface area (Å²) in [6, 6.07) is 7.06. The van der Waals surface area contributed by atoms with Crippen LogP contribution >= 0.6 is 0 Å². The maximum Gasteiger partial charge on any atom is 0.410 e. The average Bonchev–Trinajstić information content (AvgIpc) is 2.49. The lowest BCUT2D eigenvalue weighted by Crippen LogP contribution is -2.40. The van der Waals surface area contributed by atoms with Gasteiger partial charge in [0.25, 0.3) is 5.91 Å². The van der Waals surface area contributed by atoms with Crippen LogP contribution < -0.4 is 4.74 Å². The number of rotatable bonds is 5. The molecule has 0 aliphatic carbocycles. The van der Waals surface area contributed by atoms with Crippen molar-refractivity contribution >= 4 is 12.0 Å². The molecule has 1 aromatic rings. The summed E-state index contributed by atoms with van der Waals surface area (Å²) in [6.45, 7) is 6.22. The smallest absolute Gasteiger partial charge is 0.410 e. The van der Waals surface area contributed by atoms with Gasteiger partial charge in [-0.3, -0.25) is 4.79 Å². The van der Waals surface area contributed by atoms with Crippen molar-refractivity contribution in [2.75, 3.05) is 34.3 Å². The summed E-state index contributed by atoms with van der Waals surface area (Å²) >= 11 is 0. The second-order valence-electron chi connectivity index (χ2n) is 6.33. The van der Waals surface area contributed by atoms with E-state index in [2.05, 4.69) is 0 Å². The van der Waals surface area contributed by atoms with Crippen LogP contribution in [0.5, 0.6) is 5.75 Å². The van der Waals surface area contributed by atoms with Crippen LogP contribution in [0.3, 0.4) is 0 Å². The zero-order valence-electron chi connectivity index (χ0n) is 14.8. The first-order chi connectivity index (χ1) is 10.7. The Balaban J connectivity index is 2.61. The van der Waals surface area contributed by atoms with E-state index in [0.717, 1.165) is 0 Å². The van der Waals surface area contributed by atoms with Gasteiger partial charge in [0.05, 0.1) is 12.7 Å². The van der Waals surface area contributed by atoms with Crippen molar-refractivity contribution < 1.29 is 19.1 Å². The number of ether oxygens (including phenoxy) is 2. The van der Waals surface area contributed by atoms with Gasteiger partial charge in [-0.25, -0.2) is 4.79 Å². The van der Waals surface area contributed by atoms with Crippen LogP contribution in [0.15, 0.2) is 24.3 Å². The summed E-state index contributed by atoms with van der Waals surface area (Å²) < 4.78 is 10.5. The third-order valence-corrected chi connectivity index (χ3v) is 3.16. The van der Waals surface area contributed by atoms with Crippen molar-refractivity contribution in [3.8, 4) is 5.75 Å². The molecule has 0 aromatic heterocycles. The second kappa shape index (κ2) is 7.85. The average molecular weight is 322 g/mol. The summed E-state index contributed by atoms with van der Waals surface area (Å²) in [5, 5.41) is 0. The monoisotopic (exact) mass is 322 g/mol. The molecule has 1 rings (SSSR count). The first-order valence-electron chi connectivity index (χ1n) is 7.48. The fraction of sp³-hybridized carbons (Fsp3) is 0.529. The predicted molar refractivity (Wildman–Crippen MR) is 88.8 cm³/mol. The predicted octanol–water partition coefficient (Wildman–Crippen LogP) is 2.63. The van der Waals surface area contributed by atoms with Crippen molar-refractivity contribution in [1.29, 1.82) is 0 Å². The third-order valence-electron chi connectivity index (χ3n) is 3.16. The molecule has 0 unspecified atom stereocenters. The summed E-state index contributed by atoms with van der Waals surface area (Å²) in [5.74, 6) is 0.380. The normalized spacial score (nSPS) is 10.9. The van der Waals surface area contributed by atoms with Gasteiger partial charge >= 0.3 is 6.09 Å². The Morgan fingerprint density at radius 3 is 2.17 bits per heavy atom. The number of benzene rings is 1. The first-order valence-corrected chi connectivity index (χ1v) is 7.48. The molecular weight excluding hydrogens is 296 g/mol. The molecule has 0 heterocycles. The van der Waals surface area contributed by atoms with Gasteiger partial charge in [-0.1, -0.05) is 12.1 Å². The number of carbonyl (C=O) groups is 2. The van der Waals surface area contributed by atoms with E-state index in [9.17, 15) is 9.59 Å². The Morgan fingerprint density at radius 1 is 1.04 bits per heavy atom. The molecule has 0 N–H and O–H groups in total. The lowest BCUT2D eigenvalue weighted by Gasteiger charge is -2.26. The van der Waals surface area contributed by atoms with Crippen LogP contribution in [-0.2, 0) is 4.74 Å². The molecule has 6 nitrogen and oxygen atoms in total. The van der Waals surface area contributed by atoms with Crippen molar-refractivity contribution in [3.63, 3.8) is 0 Å². The van der Waals surface area contributed by atoms with Crippen LogP contribution in [0, 0.1) is 0 Å². The van der Waals surface area contributed by atoms with Crippen LogP contribution in [0.2, 0.25) is 0 Å². The molecule has 128 valence electrons. The first kappa shape index (κ1) is 18.8. The van der Waals surface area contributed by atoms with Gasteiger partial charge in [-0.2, -0.15) is 0 Å². The van der Waals surface area contributed by atoms with Crippen molar-refractivity contribution in [3.05, 3.63) is 29.8 Å². The highest BCUT2D eigenvalue weighted by molar-refractivity contribution is 5.96. The molecule has 6 heteroatoms. The van der Waals surface area contributed by atoms with Crippen LogP contribution in [0.1, 0.15) is 31.1 Å². The maximum absolute atomic E-state index is 12.4. The van der Waals surface area contributed by atoms with Gasteiger partial charge in [0, 0.05) is 27.2 Å². The highest BCUT2D eigenvalue weighted by Crippen LogP contribution is 2.18. The number of nitrogens with zero attached hydrogens (tertiary/aromatic N) is 2. The van der Waals surface area contributed by atoms with E-state index in [4.69, 9.17) is 9.47 Å². The van der Waals surface area contributed by atoms with E-state index in [1.807, 2.05) is 26.8 Å². The van der Waals surface area contributed by atoms with Crippen molar-refractivity contribution in [1.82, 2.24) is 9.80 Å². The molecule has 0 spiro atoms. The van der Waals surface area contributed by atoms with Gasteiger partial charge in [0.2, 0.25) is 0 Å². The number of methoxy groups -OCH3 is 1. The lowest BCUT2D eigenvalue weighted by molar-refractivity contribution is 0.0283. The Hall–Kier alpha value is -2.24. The molecule has 0 atom stereocenters. The minimum Gasteiger partial charge on any atom is -0.496 e. The highest BCUT2D eigenvalue weighted by Gasteiger charge is 2.21. The second-order valence-corrected chi connectivity index (χ2v) is 6.33. The molecule has 0 radical (unpaired) electrons. The minimum atomic E-state index is -0.537. The molecular formula is C17H26N2O4. The zero-order chi connectivity index (χ0) is 17.6. The molecule has 2 amide bonds. The summed E-state index contributed by atoms with van der Waals surface area (Å²) in [6.07, 6.45) is -0.407. The lowest BCUT2D eigenvalue weighted by atomic mass is 10.2. The van der Waals surface area contributed by atoms with Gasteiger partial charge in [-0.05, 0) is 32.9 Å². The number of hydrogen-bond acceptors (Lipinski definition) is 4. The minimum absolute atomic E-state index is 0.153. The summed E-state index contributed by atoms with van der Waals surface area (Å²) in [5.41, 5.74) is -0.0396. The topological polar surface area (TPSA) is 59.1 Å². The molecule has 0 bridgehead atoms. The quantitative estimate of drug-likeness (QED) is 0.836. The summed E-state index contributed by atoms with van der Waals surface area (Å²) in [4.78, 5) is 27.3. The fourth-order valence-corrected chi connectivity index (χ4v) is 1.86. The Labute approximate surface area is 138 Å². The van der Waals surface area contributed by atoms with Crippen molar-refractivity contribution in [2.45, 2.75) is 26.4 Å². The number of para-hydroxylation sites is 1. The van der Waals surface area contributed by atoms with Crippen molar-refractivity contribution in [2.24, 2.45) is 0 Å². The van der Waals surface area contributed by atoms with Gasteiger partial charge < -0.3 is 19.3 Å². The Kier molecular flexibility index (Phi) is 6.42. The zero-order valence-corrected chi connectivity index (χ0v) is 14.8. The molecule has 1 aromatic carbocycles. The number of likely N-dealkylation sites (N-methyl/N-ethyl adjacent to an activating group) is 2. The molecule has 0 saturated heterocycles. The van der Waals surface area contributed by atoms with Crippen LogP contribution in [0.25, 0.3) is 0 Å². The fourth-order valence-electron chi connectivity index (χ4n) is 1.86. The van der Waals surface area contributed by atoms with E-state index in [0.29, 0.717) is 24.4 Å². The Bertz CT molecular complexity index is 552. The van der Waals surface area contributed by atoms with E-state index >= 15 is 0 Å². The largest absolute Gasteiger partial charge is 0.496 e. The van der Waals surface area contributed by atoms with Gasteiger partial charge in [-0.15, -0.1) is 0 Å². The molecule has 23 heavy (non-hydrogen) atoms. The SMILES string of the molecule is COc1ccccc1C(=O)N(C)CCN(C)C(=O)OC(C)(C)C. The standard InChI is InChI=1S/C17H26N2O4/c1-17(2,3)23-16(21)19(5)12-11-18(4)15(20)13-9-7-8-10-14(13)22-6/h7-10H,11-12H2,1-6H3. The third kappa shape index (κ3) is 5.81. The van der Waals surface area contributed by atoms with Gasteiger partial charge in [0.15, 0.2) is 0 Å². The van der Waals surface area contributed by atoms with E-state index < -0.39 is 11.7 Å².